The van der Waals surface area contributed by atoms with Crippen molar-refractivity contribution >= 4 is 15.9 Å². The summed E-state index contributed by atoms with van der Waals surface area (Å²) in [6, 6.07) is 8.47. The summed E-state index contributed by atoms with van der Waals surface area (Å²) in [5.41, 5.74) is 0.544. The highest BCUT2D eigenvalue weighted by atomic mass is 32.2. The molecule has 2 N–H and O–H groups in total. The second kappa shape index (κ2) is 8.80. The van der Waals surface area contributed by atoms with E-state index in [1.165, 1.54) is 0 Å². The molecule has 0 saturated carbocycles. The lowest BCUT2D eigenvalue weighted by atomic mass is 10.1. The molecule has 0 radical (unpaired) electrons. The fraction of sp³-hybridized carbons (Fsp3) is 0.500. The highest BCUT2D eigenvalue weighted by molar-refractivity contribution is 7.88. The normalized spacial score (nSPS) is 20.5. The fourth-order valence-corrected chi connectivity index (χ4v) is 2.88. The molecule has 1 aliphatic heterocycles. The van der Waals surface area contributed by atoms with E-state index in [2.05, 4.69) is 10.0 Å². The van der Waals surface area contributed by atoms with Crippen LogP contribution in [-0.4, -0.2) is 52.5 Å². The lowest BCUT2D eigenvalue weighted by Crippen LogP contribution is -2.52. The number of nitrogens with zero attached hydrogens (tertiary/aromatic N) is 1. The van der Waals surface area contributed by atoms with Gasteiger partial charge in [-0.3, -0.25) is 4.79 Å². The number of sulfonamides is 1. The van der Waals surface area contributed by atoms with E-state index in [1.54, 1.807) is 24.3 Å². The summed E-state index contributed by atoms with van der Waals surface area (Å²) in [5.74, 6) is 0.337. The molecule has 1 fully saturated rings. The molecule has 1 aliphatic rings. The predicted octanol–water partition coefficient (Wildman–Crippen LogP) is 0.150. The van der Waals surface area contributed by atoms with Gasteiger partial charge in [0.05, 0.1) is 37.1 Å². The minimum Gasteiger partial charge on any atom is -0.488 e. The number of hydrogen-bond donors (Lipinski definition) is 2. The van der Waals surface area contributed by atoms with Gasteiger partial charge in [0.1, 0.15) is 11.9 Å². The number of nitrogens with one attached hydrogen (secondary N) is 2. The summed E-state index contributed by atoms with van der Waals surface area (Å²) in [4.78, 5) is 12.0. The molecule has 0 aromatic heterocycles. The van der Waals surface area contributed by atoms with Crippen molar-refractivity contribution in [2.24, 2.45) is 0 Å². The van der Waals surface area contributed by atoms with Gasteiger partial charge in [0.2, 0.25) is 15.9 Å². The third-order valence-electron chi connectivity index (χ3n) is 3.63. The molecular weight excluding hydrogens is 346 g/mol. The molecule has 1 saturated heterocycles. The van der Waals surface area contributed by atoms with Gasteiger partial charge in [0, 0.05) is 19.4 Å². The standard InChI is InChI=1S/C16H21N3O5S/c1-25(21,22)18-8-6-16(20)19-14-11-23-9-7-15(14)24-13-4-2-12(10-17)3-5-13/h2-5,14-15,18H,6-9,11H2,1H3,(H,19,20)/t14-,15-/m1/s1. The predicted molar refractivity (Wildman–Crippen MR) is 90.4 cm³/mol. The Morgan fingerprint density at radius 1 is 1.40 bits per heavy atom. The van der Waals surface area contributed by atoms with Crippen LogP contribution in [0.3, 0.4) is 0 Å². The van der Waals surface area contributed by atoms with Crippen LogP contribution >= 0.6 is 0 Å². The Morgan fingerprint density at radius 2 is 2.12 bits per heavy atom. The molecule has 9 heteroatoms. The molecule has 1 aromatic carbocycles. The van der Waals surface area contributed by atoms with E-state index < -0.39 is 10.0 Å². The number of rotatable bonds is 7. The van der Waals surface area contributed by atoms with Gasteiger partial charge in [-0.25, -0.2) is 13.1 Å². The number of hydrogen-bond acceptors (Lipinski definition) is 6. The van der Waals surface area contributed by atoms with Gasteiger partial charge in [-0.05, 0) is 24.3 Å². The molecular formula is C16H21N3O5S. The molecule has 1 aromatic rings. The van der Waals surface area contributed by atoms with E-state index in [-0.39, 0.29) is 31.0 Å². The third-order valence-corrected chi connectivity index (χ3v) is 4.35. The highest BCUT2D eigenvalue weighted by Gasteiger charge is 2.28. The van der Waals surface area contributed by atoms with Gasteiger partial charge in [-0.1, -0.05) is 0 Å². The second-order valence-electron chi connectivity index (χ2n) is 5.75. The SMILES string of the molecule is CS(=O)(=O)NCCC(=O)N[C@@H]1COCC[C@H]1Oc1ccc(C#N)cc1. The van der Waals surface area contributed by atoms with Crippen molar-refractivity contribution in [1.29, 1.82) is 5.26 Å². The Morgan fingerprint density at radius 3 is 2.76 bits per heavy atom. The van der Waals surface area contributed by atoms with Crippen LogP contribution < -0.4 is 14.8 Å². The van der Waals surface area contributed by atoms with E-state index >= 15 is 0 Å². The lowest BCUT2D eigenvalue weighted by molar-refractivity contribution is -0.124. The van der Waals surface area contributed by atoms with Crippen molar-refractivity contribution in [3.8, 4) is 11.8 Å². The van der Waals surface area contributed by atoms with Gasteiger partial charge < -0.3 is 14.8 Å². The number of benzene rings is 1. The van der Waals surface area contributed by atoms with Crippen molar-refractivity contribution in [2.75, 3.05) is 26.0 Å². The quantitative estimate of drug-likeness (QED) is 0.708. The van der Waals surface area contributed by atoms with Crippen LogP contribution in [0.5, 0.6) is 5.75 Å². The van der Waals surface area contributed by atoms with Gasteiger partial charge in [-0.15, -0.1) is 0 Å². The van der Waals surface area contributed by atoms with Crippen LogP contribution in [-0.2, 0) is 19.6 Å². The maximum absolute atomic E-state index is 12.0. The van der Waals surface area contributed by atoms with E-state index in [1.807, 2.05) is 6.07 Å². The van der Waals surface area contributed by atoms with E-state index in [0.717, 1.165) is 6.26 Å². The van der Waals surface area contributed by atoms with Crippen LogP contribution in [0.15, 0.2) is 24.3 Å². The van der Waals surface area contributed by atoms with Crippen LogP contribution in [0.1, 0.15) is 18.4 Å². The molecule has 0 bridgehead atoms. The van der Waals surface area contributed by atoms with Crippen LogP contribution in [0.25, 0.3) is 0 Å². The Bertz CT molecular complexity index is 727. The third kappa shape index (κ3) is 6.70. The maximum atomic E-state index is 12.0. The molecule has 136 valence electrons. The highest BCUT2D eigenvalue weighted by Crippen LogP contribution is 2.19. The molecule has 2 rings (SSSR count). The smallest absolute Gasteiger partial charge is 0.221 e. The number of amides is 1. The molecule has 1 amide bonds. The molecule has 0 spiro atoms. The van der Waals surface area contributed by atoms with Crippen molar-refractivity contribution in [3.63, 3.8) is 0 Å². The molecule has 0 aliphatic carbocycles. The molecule has 1 heterocycles. The Hall–Kier alpha value is -2.15. The molecule has 25 heavy (non-hydrogen) atoms. The molecule has 8 nitrogen and oxygen atoms in total. The van der Waals surface area contributed by atoms with E-state index in [9.17, 15) is 13.2 Å². The van der Waals surface area contributed by atoms with Gasteiger partial charge >= 0.3 is 0 Å². The van der Waals surface area contributed by atoms with Gasteiger partial charge in [-0.2, -0.15) is 5.26 Å². The first-order valence-electron chi connectivity index (χ1n) is 7.86. The van der Waals surface area contributed by atoms with Crippen LogP contribution in [0, 0.1) is 11.3 Å². The Balaban J connectivity index is 1.88. The van der Waals surface area contributed by atoms with Gasteiger partial charge in [0.15, 0.2) is 0 Å². The van der Waals surface area contributed by atoms with Crippen LogP contribution in [0.4, 0.5) is 0 Å². The Kier molecular flexibility index (Phi) is 6.75. The zero-order valence-electron chi connectivity index (χ0n) is 13.9. The minimum absolute atomic E-state index is 0.0349. The van der Waals surface area contributed by atoms with Crippen molar-refractivity contribution < 1.29 is 22.7 Å². The largest absolute Gasteiger partial charge is 0.488 e. The summed E-state index contributed by atoms with van der Waals surface area (Å²) in [6.45, 7) is 0.897. The average molecular weight is 367 g/mol. The molecule has 0 unspecified atom stereocenters. The minimum atomic E-state index is -3.31. The van der Waals surface area contributed by atoms with Gasteiger partial charge in [0.25, 0.3) is 0 Å². The average Bonchev–Trinajstić information content (AvgIpc) is 2.56. The number of carbonyl (C=O) groups excluding carboxylic acids is 1. The van der Waals surface area contributed by atoms with E-state index in [4.69, 9.17) is 14.7 Å². The number of ether oxygens (including phenoxy) is 2. The summed E-state index contributed by atoms with van der Waals surface area (Å²) in [7, 11) is -3.31. The maximum Gasteiger partial charge on any atom is 0.221 e. The molecule has 2 atom stereocenters. The summed E-state index contributed by atoms with van der Waals surface area (Å²) >= 11 is 0. The first-order valence-corrected chi connectivity index (χ1v) is 9.75. The lowest BCUT2D eigenvalue weighted by Gasteiger charge is -2.32. The summed E-state index contributed by atoms with van der Waals surface area (Å²) < 4.78 is 35.6. The van der Waals surface area contributed by atoms with Crippen LogP contribution in [0.2, 0.25) is 0 Å². The monoisotopic (exact) mass is 367 g/mol. The van der Waals surface area contributed by atoms with Crippen molar-refractivity contribution in [1.82, 2.24) is 10.0 Å². The zero-order valence-corrected chi connectivity index (χ0v) is 14.7. The summed E-state index contributed by atoms with van der Waals surface area (Å²) in [5, 5.41) is 11.6. The van der Waals surface area contributed by atoms with Crippen molar-refractivity contribution in [3.05, 3.63) is 29.8 Å². The number of nitriles is 1. The summed E-state index contributed by atoms with van der Waals surface area (Å²) in [6.07, 6.45) is 1.44. The number of carbonyl (C=O) groups is 1. The van der Waals surface area contributed by atoms with Crippen molar-refractivity contribution in [2.45, 2.75) is 25.0 Å². The first-order chi connectivity index (χ1) is 11.9. The second-order valence-corrected chi connectivity index (χ2v) is 7.58. The van der Waals surface area contributed by atoms with E-state index in [0.29, 0.717) is 30.9 Å². The fourth-order valence-electron chi connectivity index (χ4n) is 2.41. The first kappa shape index (κ1) is 19.2. The Labute approximate surface area is 147 Å². The zero-order chi connectivity index (χ0) is 18.3. The topological polar surface area (TPSA) is 118 Å².